The van der Waals surface area contributed by atoms with E-state index in [0.717, 1.165) is 5.56 Å². The highest BCUT2D eigenvalue weighted by atomic mass is 16.2. The van der Waals surface area contributed by atoms with Crippen LogP contribution in [0.15, 0.2) is 24.5 Å². The van der Waals surface area contributed by atoms with Crippen LogP contribution in [0.3, 0.4) is 0 Å². The Labute approximate surface area is 77.4 Å². The van der Waals surface area contributed by atoms with E-state index < -0.39 is 0 Å². The van der Waals surface area contributed by atoms with Gasteiger partial charge in [0.05, 0.1) is 6.04 Å². The Hall–Kier alpha value is -1.58. The van der Waals surface area contributed by atoms with Gasteiger partial charge in [-0.25, -0.2) is 4.79 Å². The molecule has 1 atom stereocenters. The molecule has 0 spiro atoms. The molecule has 4 heteroatoms. The van der Waals surface area contributed by atoms with Crippen molar-refractivity contribution in [1.29, 1.82) is 0 Å². The smallest absolute Gasteiger partial charge is 0.315 e. The van der Waals surface area contributed by atoms with Gasteiger partial charge < -0.3 is 10.6 Å². The Balaban J connectivity index is 2.59. The molecule has 0 aliphatic carbocycles. The summed E-state index contributed by atoms with van der Waals surface area (Å²) in [6.07, 6.45) is 3.44. The highest BCUT2D eigenvalue weighted by Gasteiger charge is 2.06. The minimum Gasteiger partial charge on any atom is -0.341 e. The van der Waals surface area contributed by atoms with Gasteiger partial charge in [0.2, 0.25) is 0 Å². The molecular formula is C9H13N3O. The second kappa shape index (κ2) is 4.45. The Morgan fingerprint density at radius 3 is 2.92 bits per heavy atom. The van der Waals surface area contributed by atoms with E-state index in [4.69, 9.17) is 0 Å². The molecule has 1 aromatic heterocycles. The number of carbonyl (C=O) groups excluding carboxylic acids is 1. The third-order valence-electron chi connectivity index (χ3n) is 1.76. The average molecular weight is 179 g/mol. The van der Waals surface area contributed by atoms with Crippen molar-refractivity contribution in [2.24, 2.45) is 0 Å². The van der Waals surface area contributed by atoms with Crippen LogP contribution in [-0.2, 0) is 0 Å². The van der Waals surface area contributed by atoms with Crippen LogP contribution in [0.4, 0.5) is 4.79 Å². The van der Waals surface area contributed by atoms with Gasteiger partial charge in [-0.15, -0.1) is 0 Å². The number of nitrogens with zero attached hydrogens (tertiary/aromatic N) is 1. The topological polar surface area (TPSA) is 54.0 Å². The summed E-state index contributed by atoms with van der Waals surface area (Å²) in [6.45, 7) is 1.91. The predicted octanol–water partition coefficient (Wildman–Crippen LogP) is 1.07. The third kappa shape index (κ3) is 2.74. The fourth-order valence-corrected chi connectivity index (χ4v) is 0.984. The lowest BCUT2D eigenvalue weighted by Crippen LogP contribution is -2.34. The van der Waals surface area contributed by atoms with Gasteiger partial charge in [-0.1, -0.05) is 6.07 Å². The molecule has 0 saturated carbocycles. The van der Waals surface area contributed by atoms with Crippen LogP contribution in [0.2, 0.25) is 0 Å². The Morgan fingerprint density at radius 1 is 1.62 bits per heavy atom. The van der Waals surface area contributed by atoms with E-state index in [1.54, 1.807) is 19.4 Å². The van der Waals surface area contributed by atoms with E-state index in [1.807, 2.05) is 19.1 Å². The summed E-state index contributed by atoms with van der Waals surface area (Å²) in [4.78, 5) is 14.9. The lowest BCUT2D eigenvalue weighted by Gasteiger charge is -2.12. The zero-order valence-corrected chi connectivity index (χ0v) is 7.74. The van der Waals surface area contributed by atoms with Crippen molar-refractivity contribution in [3.8, 4) is 0 Å². The maximum atomic E-state index is 11.0. The molecule has 0 aromatic carbocycles. The summed E-state index contributed by atoms with van der Waals surface area (Å²) in [6, 6.07) is 3.57. The molecule has 1 aromatic rings. The normalized spacial score (nSPS) is 11.8. The highest BCUT2D eigenvalue weighted by Crippen LogP contribution is 2.08. The van der Waals surface area contributed by atoms with E-state index in [-0.39, 0.29) is 12.1 Å². The lowest BCUT2D eigenvalue weighted by molar-refractivity contribution is 0.240. The predicted molar refractivity (Wildman–Crippen MR) is 50.2 cm³/mol. The van der Waals surface area contributed by atoms with Gasteiger partial charge in [-0.3, -0.25) is 4.98 Å². The lowest BCUT2D eigenvalue weighted by atomic mass is 10.1. The van der Waals surface area contributed by atoms with Crippen molar-refractivity contribution in [2.45, 2.75) is 13.0 Å². The summed E-state index contributed by atoms with van der Waals surface area (Å²) in [5, 5.41) is 5.25. The molecule has 4 nitrogen and oxygen atoms in total. The molecule has 0 fully saturated rings. The number of urea groups is 1. The van der Waals surface area contributed by atoms with Crippen LogP contribution in [0, 0.1) is 0 Å². The molecule has 0 aliphatic rings. The van der Waals surface area contributed by atoms with Crippen molar-refractivity contribution in [3.63, 3.8) is 0 Å². The van der Waals surface area contributed by atoms with Crippen molar-refractivity contribution < 1.29 is 4.79 Å². The third-order valence-corrected chi connectivity index (χ3v) is 1.76. The SMILES string of the molecule is CNC(=O)N[C@@H](C)c1cccnc1. The fraction of sp³-hybridized carbons (Fsp3) is 0.333. The number of pyridine rings is 1. The van der Waals surface area contributed by atoms with Gasteiger partial charge in [0.15, 0.2) is 0 Å². The largest absolute Gasteiger partial charge is 0.341 e. The number of hydrogen-bond donors (Lipinski definition) is 2. The molecule has 0 radical (unpaired) electrons. The molecule has 0 bridgehead atoms. The van der Waals surface area contributed by atoms with Crippen LogP contribution in [0.25, 0.3) is 0 Å². The zero-order chi connectivity index (χ0) is 9.68. The Bertz CT molecular complexity index is 273. The molecule has 2 N–H and O–H groups in total. The van der Waals surface area contributed by atoms with Crippen molar-refractivity contribution in [2.75, 3.05) is 7.05 Å². The first kappa shape index (κ1) is 9.51. The number of carbonyl (C=O) groups is 1. The van der Waals surface area contributed by atoms with E-state index in [2.05, 4.69) is 15.6 Å². The van der Waals surface area contributed by atoms with Crippen LogP contribution in [0.1, 0.15) is 18.5 Å². The van der Waals surface area contributed by atoms with Gasteiger partial charge in [0.1, 0.15) is 0 Å². The molecule has 1 rings (SSSR count). The van der Waals surface area contributed by atoms with Crippen molar-refractivity contribution in [1.82, 2.24) is 15.6 Å². The monoisotopic (exact) mass is 179 g/mol. The summed E-state index contributed by atoms with van der Waals surface area (Å²) < 4.78 is 0. The summed E-state index contributed by atoms with van der Waals surface area (Å²) >= 11 is 0. The zero-order valence-electron chi connectivity index (χ0n) is 7.74. The minimum atomic E-state index is -0.184. The Kier molecular flexibility index (Phi) is 3.25. The standard InChI is InChI=1S/C9H13N3O/c1-7(12-9(13)10-2)8-4-3-5-11-6-8/h3-7H,1-2H3,(H2,10,12,13)/t7-/m0/s1. The second-order valence-corrected chi connectivity index (χ2v) is 2.73. The number of amides is 2. The molecule has 0 saturated heterocycles. The van der Waals surface area contributed by atoms with Crippen molar-refractivity contribution in [3.05, 3.63) is 30.1 Å². The molecular weight excluding hydrogens is 166 g/mol. The fourth-order valence-electron chi connectivity index (χ4n) is 0.984. The van der Waals surface area contributed by atoms with Crippen molar-refractivity contribution >= 4 is 6.03 Å². The first-order chi connectivity index (χ1) is 6.24. The van der Waals surface area contributed by atoms with Gasteiger partial charge >= 0.3 is 6.03 Å². The van der Waals surface area contributed by atoms with E-state index >= 15 is 0 Å². The molecule has 2 amide bonds. The molecule has 0 unspecified atom stereocenters. The number of hydrogen-bond acceptors (Lipinski definition) is 2. The van der Waals surface area contributed by atoms with E-state index in [0.29, 0.717) is 0 Å². The molecule has 70 valence electrons. The first-order valence-electron chi connectivity index (χ1n) is 4.12. The second-order valence-electron chi connectivity index (χ2n) is 2.73. The highest BCUT2D eigenvalue weighted by molar-refractivity contribution is 5.73. The maximum Gasteiger partial charge on any atom is 0.315 e. The summed E-state index contributed by atoms with van der Waals surface area (Å²) in [7, 11) is 1.59. The van der Waals surface area contributed by atoms with Gasteiger partial charge in [-0.05, 0) is 18.6 Å². The van der Waals surface area contributed by atoms with Crippen LogP contribution >= 0.6 is 0 Å². The molecule has 0 aliphatic heterocycles. The van der Waals surface area contributed by atoms with Gasteiger partial charge in [0.25, 0.3) is 0 Å². The summed E-state index contributed by atoms with van der Waals surface area (Å²) in [5.41, 5.74) is 0.992. The summed E-state index contributed by atoms with van der Waals surface area (Å²) in [5.74, 6) is 0. The van der Waals surface area contributed by atoms with Crippen LogP contribution in [-0.4, -0.2) is 18.1 Å². The number of nitrogens with one attached hydrogen (secondary N) is 2. The van der Waals surface area contributed by atoms with Crippen LogP contribution < -0.4 is 10.6 Å². The maximum absolute atomic E-state index is 11.0. The van der Waals surface area contributed by atoms with Crippen LogP contribution in [0.5, 0.6) is 0 Å². The molecule has 13 heavy (non-hydrogen) atoms. The Morgan fingerprint density at radius 2 is 2.38 bits per heavy atom. The van der Waals surface area contributed by atoms with E-state index in [9.17, 15) is 4.79 Å². The van der Waals surface area contributed by atoms with E-state index in [1.165, 1.54) is 0 Å². The van der Waals surface area contributed by atoms with Gasteiger partial charge in [-0.2, -0.15) is 0 Å². The first-order valence-corrected chi connectivity index (χ1v) is 4.12. The van der Waals surface area contributed by atoms with Gasteiger partial charge in [0, 0.05) is 19.4 Å². The quantitative estimate of drug-likeness (QED) is 0.713. The number of aromatic nitrogens is 1. The number of rotatable bonds is 2. The average Bonchev–Trinajstić information content (AvgIpc) is 2.19. The minimum absolute atomic E-state index is 0.0198. The molecule has 1 heterocycles.